The Morgan fingerprint density at radius 2 is 1.24 bits per heavy atom. The van der Waals surface area contributed by atoms with E-state index in [4.69, 9.17) is 27.9 Å². The molecule has 0 fully saturated rings. The van der Waals surface area contributed by atoms with Crippen molar-refractivity contribution in [2.45, 2.75) is 59.5 Å². The van der Waals surface area contributed by atoms with Crippen LogP contribution in [-0.4, -0.2) is 7.11 Å². The van der Waals surface area contributed by atoms with Crippen LogP contribution in [0.5, 0.6) is 0 Å². The number of ether oxygens (including phenoxy) is 1. The molecule has 3 heteroatoms. The number of methoxy groups -OCH3 is 1. The number of benzene rings is 2. The third-order valence-electron chi connectivity index (χ3n) is 4.17. The van der Waals surface area contributed by atoms with Gasteiger partial charge in [-0.1, -0.05) is 82.1 Å². The zero-order chi connectivity index (χ0) is 19.0. The van der Waals surface area contributed by atoms with Crippen molar-refractivity contribution in [1.29, 1.82) is 0 Å². The van der Waals surface area contributed by atoms with Crippen LogP contribution in [0, 0.1) is 0 Å². The van der Waals surface area contributed by atoms with Crippen LogP contribution in [0.3, 0.4) is 0 Å². The first-order valence-electron chi connectivity index (χ1n) is 8.85. The first-order chi connectivity index (χ1) is 11.8. The van der Waals surface area contributed by atoms with E-state index in [9.17, 15) is 0 Å². The molecule has 0 aliphatic rings. The maximum atomic E-state index is 6.07. The second-order valence-corrected chi connectivity index (χ2v) is 7.61. The van der Waals surface area contributed by atoms with Gasteiger partial charge in [0, 0.05) is 17.2 Å². The molecule has 2 aromatic rings. The van der Waals surface area contributed by atoms with Gasteiger partial charge in [0.1, 0.15) is 0 Å². The third-order valence-corrected chi connectivity index (χ3v) is 4.87. The molecule has 0 heterocycles. The number of hydrogen-bond acceptors (Lipinski definition) is 1. The van der Waals surface area contributed by atoms with Gasteiger partial charge < -0.3 is 4.74 Å². The molecule has 0 aliphatic carbocycles. The number of halogens is 2. The average Bonchev–Trinajstić information content (AvgIpc) is 2.57. The van der Waals surface area contributed by atoms with Crippen molar-refractivity contribution >= 4 is 23.2 Å². The van der Waals surface area contributed by atoms with Gasteiger partial charge in [-0.2, -0.15) is 0 Å². The largest absolute Gasteiger partial charge is 0.380 e. The van der Waals surface area contributed by atoms with Gasteiger partial charge in [-0.3, -0.25) is 0 Å². The van der Waals surface area contributed by atoms with E-state index >= 15 is 0 Å². The maximum Gasteiger partial charge on any atom is 0.0727 e. The molecule has 0 saturated carbocycles. The van der Waals surface area contributed by atoms with Crippen molar-refractivity contribution in [2.24, 2.45) is 0 Å². The molecule has 2 aromatic carbocycles. The molecule has 1 nitrogen and oxygen atoms in total. The summed E-state index contributed by atoms with van der Waals surface area (Å²) >= 11 is 12.1. The second-order valence-electron chi connectivity index (χ2n) is 6.80. The SMILES string of the molecule is CCc1ccc(C(C)C)cc1Cl.COCc1ccc(C(C)C)cc1Cl. The topological polar surface area (TPSA) is 9.23 Å². The third kappa shape index (κ3) is 7.01. The van der Waals surface area contributed by atoms with Crippen molar-refractivity contribution < 1.29 is 4.74 Å². The summed E-state index contributed by atoms with van der Waals surface area (Å²) in [6, 6.07) is 12.5. The van der Waals surface area contributed by atoms with Gasteiger partial charge >= 0.3 is 0 Å². The predicted molar refractivity (Wildman–Crippen MR) is 111 cm³/mol. The van der Waals surface area contributed by atoms with Gasteiger partial charge in [-0.25, -0.2) is 0 Å². The normalized spacial score (nSPS) is 10.8. The van der Waals surface area contributed by atoms with Crippen LogP contribution in [0.2, 0.25) is 10.0 Å². The molecular formula is C22H30Cl2O. The Balaban J connectivity index is 0.000000251. The summed E-state index contributed by atoms with van der Waals surface area (Å²) in [6.07, 6.45) is 1.01. The molecule has 0 aromatic heterocycles. The molecule has 0 saturated heterocycles. The Morgan fingerprint density at radius 1 is 0.800 bits per heavy atom. The fraction of sp³-hybridized carbons (Fsp3) is 0.455. The van der Waals surface area contributed by atoms with E-state index in [1.54, 1.807) is 7.11 Å². The minimum atomic E-state index is 0.522. The van der Waals surface area contributed by atoms with E-state index in [0.717, 1.165) is 22.0 Å². The quantitative estimate of drug-likeness (QED) is 0.517. The summed E-state index contributed by atoms with van der Waals surface area (Å²) in [7, 11) is 1.67. The summed E-state index contributed by atoms with van der Waals surface area (Å²) in [6.45, 7) is 11.4. The van der Waals surface area contributed by atoms with E-state index in [0.29, 0.717) is 18.4 Å². The van der Waals surface area contributed by atoms with Gasteiger partial charge in [0.2, 0.25) is 0 Å². The van der Waals surface area contributed by atoms with E-state index in [1.807, 2.05) is 12.1 Å². The van der Waals surface area contributed by atoms with Crippen LogP contribution < -0.4 is 0 Å². The Labute approximate surface area is 163 Å². The van der Waals surface area contributed by atoms with Gasteiger partial charge in [0.15, 0.2) is 0 Å². The molecule has 0 radical (unpaired) electrons. The molecule has 2 rings (SSSR count). The van der Waals surface area contributed by atoms with E-state index < -0.39 is 0 Å². The van der Waals surface area contributed by atoms with E-state index in [-0.39, 0.29) is 0 Å². The standard InChI is InChI=1S/C11H15ClO.C11H15Cl/c1-8(2)9-4-5-10(7-13-3)11(12)6-9;1-4-9-5-6-10(8(2)3)7-11(9)12/h4-6,8H,7H2,1-3H3;5-8H,4H2,1-3H3. The highest BCUT2D eigenvalue weighted by Gasteiger charge is 2.04. The Hall–Kier alpha value is -1.02. The minimum Gasteiger partial charge on any atom is -0.380 e. The van der Waals surface area contributed by atoms with Gasteiger partial charge in [0.25, 0.3) is 0 Å². The molecule has 0 bridgehead atoms. The Kier molecular flexibility index (Phi) is 9.56. The smallest absolute Gasteiger partial charge is 0.0727 e. The van der Waals surface area contributed by atoms with Crippen molar-refractivity contribution in [3.8, 4) is 0 Å². The molecule has 0 atom stereocenters. The highest BCUT2D eigenvalue weighted by Crippen LogP contribution is 2.24. The number of aryl methyl sites for hydroxylation is 1. The fourth-order valence-corrected chi connectivity index (χ4v) is 2.97. The fourth-order valence-electron chi connectivity index (χ4n) is 2.40. The van der Waals surface area contributed by atoms with Crippen molar-refractivity contribution in [3.05, 3.63) is 68.7 Å². The zero-order valence-electron chi connectivity index (χ0n) is 16.2. The van der Waals surface area contributed by atoms with Crippen LogP contribution >= 0.6 is 23.2 Å². The first-order valence-corrected chi connectivity index (χ1v) is 9.61. The second kappa shape index (κ2) is 10.9. The lowest BCUT2D eigenvalue weighted by molar-refractivity contribution is 0.185. The molecule has 0 aliphatic heterocycles. The average molecular weight is 381 g/mol. The lowest BCUT2D eigenvalue weighted by Gasteiger charge is -2.08. The predicted octanol–water partition coefficient (Wildman–Crippen LogP) is 7.64. The lowest BCUT2D eigenvalue weighted by atomic mass is 10.0. The molecule has 138 valence electrons. The molecule has 0 amide bonds. The molecule has 0 unspecified atom stereocenters. The van der Waals surface area contributed by atoms with Crippen molar-refractivity contribution in [3.63, 3.8) is 0 Å². The summed E-state index contributed by atoms with van der Waals surface area (Å²) in [5.41, 5.74) is 4.87. The van der Waals surface area contributed by atoms with Gasteiger partial charge in [-0.15, -0.1) is 0 Å². The van der Waals surface area contributed by atoms with E-state index in [1.165, 1.54) is 16.7 Å². The van der Waals surface area contributed by atoms with Crippen LogP contribution in [0.15, 0.2) is 36.4 Å². The highest BCUT2D eigenvalue weighted by atomic mass is 35.5. The molecular weight excluding hydrogens is 351 g/mol. The highest BCUT2D eigenvalue weighted by molar-refractivity contribution is 6.31. The van der Waals surface area contributed by atoms with Crippen molar-refractivity contribution in [2.75, 3.05) is 7.11 Å². The van der Waals surface area contributed by atoms with Crippen LogP contribution in [0.25, 0.3) is 0 Å². The first kappa shape index (κ1) is 22.0. The summed E-state index contributed by atoms with van der Waals surface area (Å²) in [4.78, 5) is 0. The summed E-state index contributed by atoms with van der Waals surface area (Å²) < 4.78 is 5.02. The minimum absolute atomic E-state index is 0.522. The maximum absolute atomic E-state index is 6.07. The molecule has 0 spiro atoms. The van der Waals surface area contributed by atoms with Gasteiger partial charge in [0.05, 0.1) is 6.61 Å². The van der Waals surface area contributed by atoms with E-state index in [2.05, 4.69) is 58.9 Å². The lowest BCUT2D eigenvalue weighted by Crippen LogP contribution is -1.92. The molecule has 0 N–H and O–H groups in total. The monoisotopic (exact) mass is 380 g/mol. The summed E-state index contributed by atoms with van der Waals surface area (Å²) in [5, 5.41) is 1.71. The Bertz CT molecular complexity index is 663. The summed E-state index contributed by atoms with van der Waals surface area (Å²) in [5.74, 6) is 1.09. The molecule has 25 heavy (non-hydrogen) atoms. The number of rotatable bonds is 5. The van der Waals surface area contributed by atoms with Crippen LogP contribution in [0.1, 0.15) is 68.7 Å². The van der Waals surface area contributed by atoms with Crippen molar-refractivity contribution in [1.82, 2.24) is 0 Å². The van der Waals surface area contributed by atoms with Crippen LogP contribution in [0.4, 0.5) is 0 Å². The Morgan fingerprint density at radius 3 is 1.56 bits per heavy atom. The van der Waals surface area contributed by atoms with Crippen LogP contribution in [-0.2, 0) is 17.8 Å². The number of hydrogen-bond donors (Lipinski definition) is 0. The zero-order valence-corrected chi connectivity index (χ0v) is 17.7. The van der Waals surface area contributed by atoms with Gasteiger partial charge in [-0.05, 0) is 52.6 Å².